The molecule has 0 radical (unpaired) electrons. The molecule has 10 heteroatoms. The lowest BCUT2D eigenvalue weighted by atomic mass is 10.2. The number of halogens is 1. The zero-order chi connectivity index (χ0) is 23.4. The molecule has 2 aromatic heterocycles. The SMILES string of the molecule is Nc1ccccc1Cl.O=C(O)c1c(-c2ccnc(Oc3ccccc3)n2)n2n(c1=O)CCC2. The number of nitrogens with two attached hydrogens (primary N) is 1. The fourth-order valence-electron chi connectivity index (χ4n) is 3.46. The van der Waals surface area contributed by atoms with Gasteiger partial charge in [0.05, 0.1) is 16.4 Å². The van der Waals surface area contributed by atoms with Crippen molar-refractivity contribution >= 4 is 23.3 Å². The molecule has 0 atom stereocenters. The van der Waals surface area contributed by atoms with Crippen molar-refractivity contribution < 1.29 is 14.6 Å². The molecule has 0 fully saturated rings. The Bertz CT molecular complexity index is 1330. The number of hydrogen-bond donors (Lipinski definition) is 2. The number of carboxylic acids is 1. The van der Waals surface area contributed by atoms with E-state index < -0.39 is 11.5 Å². The number of aromatic carboxylic acids is 1. The Balaban J connectivity index is 0.000000275. The van der Waals surface area contributed by atoms with Gasteiger partial charge in [0.2, 0.25) is 0 Å². The first kappa shape index (κ1) is 22.1. The number of fused-ring (bicyclic) bond motifs is 1. The number of nitrogen functional groups attached to an aromatic ring is 1. The number of hydrogen-bond acceptors (Lipinski definition) is 6. The minimum absolute atomic E-state index is 0.0889. The van der Waals surface area contributed by atoms with E-state index in [1.807, 2.05) is 30.3 Å². The zero-order valence-corrected chi connectivity index (χ0v) is 18.1. The van der Waals surface area contributed by atoms with E-state index in [-0.39, 0.29) is 17.3 Å². The average molecular weight is 466 g/mol. The molecular weight excluding hydrogens is 446 g/mol. The highest BCUT2D eigenvalue weighted by Gasteiger charge is 2.29. The van der Waals surface area contributed by atoms with E-state index in [4.69, 9.17) is 22.1 Å². The van der Waals surface area contributed by atoms with Crippen molar-refractivity contribution in [3.63, 3.8) is 0 Å². The van der Waals surface area contributed by atoms with E-state index >= 15 is 0 Å². The molecule has 0 spiro atoms. The highest BCUT2D eigenvalue weighted by molar-refractivity contribution is 6.33. The van der Waals surface area contributed by atoms with E-state index in [0.29, 0.717) is 35.2 Å². The summed E-state index contributed by atoms with van der Waals surface area (Å²) in [6.45, 7) is 1.06. The average Bonchev–Trinajstić information content (AvgIpc) is 3.39. The standard InChI is InChI=1S/C17H14N4O4.C6H6ClN/c22-15-13(16(23)24)14(20-9-4-10-21(15)20)12-7-8-18-17(19-12)25-11-5-2-1-3-6-11;7-5-3-1-2-4-6(5)8/h1-3,5-8H,4,9-10H2,(H,23,24);1-4H,8H2. The molecule has 0 aliphatic carbocycles. The van der Waals surface area contributed by atoms with Crippen LogP contribution in [0.3, 0.4) is 0 Å². The van der Waals surface area contributed by atoms with Gasteiger partial charge in [0.25, 0.3) is 5.56 Å². The van der Waals surface area contributed by atoms with Gasteiger partial charge in [-0.2, -0.15) is 4.98 Å². The van der Waals surface area contributed by atoms with E-state index in [0.717, 1.165) is 6.42 Å². The molecule has 0 saturated carbocycles. The maximum atomic E-state index is 12.4. The Kier molecular flexibility index (Phi) is 6.41. The predicted octanol–water partition coefficient (Wildman–Crippen LogP) is 3.92. The normalized spacial score (nSPS) is 11.9. The van der Waals surface area contributed by atoms with Crippen molar-refractivity contribution in [1.82, 2.24) is 19.3 Å². The second kappa shape index (κ2) is 9.58. The van der Waals surface area contributed by atoms with Crippen molar-refractivity contribution in [2.75, 3.05) is 5.73 Å². The molecule has 168 valence electrons. The summed E-state index contributed by atoms with van der Waals surface area (Å²) >= 11 is 5.58. The van der Waals surface area contributed by atoms with Crippen molar-refractivity contribution in [2.45, 2.75) is 19.5 Å². The number of anilines is 1. The summed E-state index contributed by atoms with van der Waals surface area (Å²) in [6.07, 6.45) is 2.26. The molecule has 9 nitrogen and oxygen atoms in total. The summed E-state index contributed by atoms with van der Waals surface area (Å²) in [6, 6.07) is 17.9. The third-order valence-electron chi connectivity index (χ3n) is 4.92. The van der Waals surface area contributed by atoms with Crippen LogP contribution in [0, 0.1) is 0 Å². The molecule has 3 heterocycles. The van der Waals surface area contributed by atoms with Crippen LogP contribution < -0.4 is 16.0 Å². The molecule has 0 unspecified atom stereocenters. The molecule has 2 aromatic carbocycles. The third-order valence-corrected chi connectivity index (χ3v) is 5.27. The number of carbonyl (C=O) groups is 1. The van der Waals surface area contributed by atoms with Gasteiger partial charge in [0.1, 0.15) is 11.4 Å². The Hall–Kier alpha value is -4.11. The Morgan fingerprint density at radius 3 is 2.39 bits per heavy atom. The van der Waals surface area contributed by atoms with Crippen LogP contribution in [-0.2, 0) is 13.1 Å². The molecule has 1 aliphatic heterocycles. The molecule has 3 N–H and O–H groups in total. The number of nitrogens with zero attached hydrogens (tertiary/aromatic N) is 4. The molecule has 0 amide bonds. The van der Waals surface area contributed by atoms with Gasteiger partial charge in [0.15, 0.2) is 5.56 Å². The van der Waals surface area contributed by atoms with Crippen LogP contribution in [0.15, 0.2) is 71.7 Å². The quantitative estimate of drug-likeness (QED) is 0.437. The summed E-state index contributed by atoms with van der Waals surface area (Å²) in [4.78, 5) is 32.3. The summed E-state index contributed by atoms with van der Waals surface area (Å²) < 4.78 is 8.71. The van der Waals surface area contributed by atoms with E-state index in [1.165, 1.54) is 10.9 Å². The lowest BCUT2D eigenvalue weighted by Gasteiger charge is -2.08. The maximum absolute atomic E-state index is 12.4. The van der Waals surface area contributed by atoms with Crippen LogP contribution in [0.5, 0.6) is 11.8 Å². The van der Waals surface area contributed by atoms with Crippen LogP contribution in [0.1, 0.15) is 16.8 Å². The van der Waals surface area contributed by atoms with Crippen LogP contribution >= 0.6 is 11.6 Å². The number of ether oxygens (including phenoxy) is 1. The van der Waals surface area contributed by atoms with Gasteiger partial charge >= 0.3 is 12.0 Å². The highest BCUT2D eigenvalue weighted by Crippen LogP contribution is 2.26. The zero-order valence-electron chi connectivity index (χ0n) is 17.4. The van der Waals surface area contributed by atoms with Gasteiger partial charge in [-0.05, 0) is 36.8 Å². The van der Waals surface area contributed by atoms with Crippen molar-refractivity contribution in [3.8, 4) is 23.1 Å². The van der Waals surface area contributed by atoms with Gasteiger partial charge in [-0.15, -0.1) is 0 Å². The summed E-state index contributed by atoms with van der Waals surface area (Å²) in [5.41, 5.74) is 5.87. The van der Waals surface area contributed by atoms with Gasteiger partial charge in [-0.3, -0.25) is 9.48 Å². The topological polar surface area (TPSA) is 125 Å². The molecular formula is C23H20ClN5O4. The van der Waals surface area contributed by atoms with Gasteiger partial charge < -0.3 is 15.6 Å². The first-order valence-electron chi connectivity index (χ1n) is 10.1. The van der Waals surface area contributed by atoms with Crippen LogP contribution in [0.25, 0.3) is 11.4 Å². The molecule has 4 aromatic rings. The summed E-state index contributed by atoms with van der Waals surface area (Å²) in [5.74, 6) is -0.698. The van der Waals surface area contributed by atoms with Crippen LogP contribution in [0.4, 0.5) is 5.69 Å². The summed E-state index contributed by atoms with van der Waals surface area (Å²) in [5, 5.41) is 10.1. The lowest BCUT2D eigenvalue weighted by molar-refractivity contribution is 0.0696. The minimum Gasteiger partial charge on any atom is -0.477 e. The number of para-hydroxylation sites is 2. The largest absolute Gasteiger partial charge is 0.477 e. The van der Waals surface area contributed by atoms with Gasteiger partial charge in [0, 0.05) is 19.3 Å². The predicted molar refractivity (Wildman–Crippen MR) is 124 cm³/mol. The van der Waals surface area contributed by atoms with E-state index in [1.54, 1.807) is 35.0 Å². The fourth-order valence-corrected chi connectivity index (χ4v) is 3.59. The number of carboxylic acid groups (broad SMARTS) is 1. The second-order valence-corrected chi connectivity index (χ2v) is 7.50. The number of aromatic nitrogens is 4. The first-order chi connectivity index (χ1) is 16.0. The lowest BCUT2D eigenvalue weighted by Crippen LogP contribution is -2.20. The third kappa shape index (κ3) is 4.73. The van der Waals surface area contributed by atoms with Crippen LogP contribution in [0.2, 0.25) is 5.02 Å². The maximum Gasteiger partial charge on any atom is 0.343 e. The molecule has 5 rings (SSSR count). The summed E-state index contributed by atoms with van der Waals surface area (Å²) in [7, 11) is 0. The molecule has 33 heavy (non-hydrogen) atoms. The van der Waals surface area contributed by atoms with Crippen LogP contribution in [-0.4, -0.2) is 30.4 Å². The Morgan fingerprint density at radius 2 is 1.73 bits per heavy atom. The monoisotopic (exact) mass is 465 g/mol. The fraction of sp³-hybridized carbons (Fsp3) is 0.130. The van der Waals surface area contributed by atoms with Crippen molar-refractivity contribution in [2.24, 2.45) is 0 Å². The van der Waals surface area contributed by atoms with Crippen molar-refractivity contribution in [3.05, 3.63) is 87.8 Å². The Morgan fingerprint density at radius 1 is 1.03 bits per heavy atom. The van der Waals surface area contributed by atoms with Gasteiger partial charge in [-0.25, -0.2) is 14.5 Å². The number of benzene rings is 2. The van der Waals surface area contributed by atoms with E-state index in [9.17, 15) is 14.7 Å². The molecule has 0 saturated heterocycles. The molecule has 0 bridgehead atoms. The Labute approximate surface area is 193 Å². The van der Waals surface area contributed by atoms with Crippen molar-refractivity contribution in [1.29, 1.82) is 0 Å². The van der Waals surface area contributed by atoms with E-state index in [2.05, 4.69) is 9.97 Å². The smallest absolute Gasteiger partial charge is 0.343 e. The number of rotatable bonds is 4. The minimum atomic E-state index is -1.27. The first-order valence-corrected chi connectivity index (χ1v) is 10.5. The van der Waals surface area contributed by atoms with Gasteiger partial charge in [-0.1, -0.05) is 41.9 Å². The highest BCUT2D eigenvalue weighted by atomic mass is 35.5. The second-order valence-electron chi connectivity index (χ2n) is 7.09. The molecule has 1 aliphatic rings.